The summed E-state index contributed by atoms with van der Waals surface area (Å²) in [5.74, 6) is 1.01. The zero-order valence-corrected chi connectivity index (χ0v) is 20.8. The van der Waals surface area contributed by atoms with Crippen molar-refractivity contribution in [3.63, 3.8) is 0 Å². The molecule has 5 aliphatic rings. The van der Waals surface area contributed by atoms with Crippen molar-refractivity contribution in [3.05, 3.63) is 53.8 Å². The molecule has 2 amide bonds. The fourth-order valence-electron chi connectivity index (χ4n) is 7.78. The van der Waals surface area contributed by atoms with Crippen LogP contribution in [0.2, 0.25) is 0 Å². The van der Waals surface area contributed by atoms with E-state index in [4.69, 9.17) is 4.74 Å². The number of carbonyl (C=O) groups excluding carboxylic acids is 2. The minimum absolute atomic E-state index is 0.0300. The van der Waals surface area contributed by atoms with Gasteiger partial charge in [0.05, 0.1) is 12.6 Å². The first-order valence-electron chi connectivity index (χ1n) is 13.3. The number of hydrogen-bond donors (Lipinski definition) is 3. The molecule has 4 saturated carbocycles. The summed E-state index contributed by atoms with van der Waals surface area (Å²) >= 11 is 0. The van der Waals surface area contributed by atoms with Gasteiger partial charge in [0.1, 0.15) is 11.6 Å². The van der Waals surface area contributed by atoms with Crippen LogP contribution in [0.4, 0.5) is 15.0 Å². The van der Waals surface area contributed by atoms with Crippen molar-refractivity contribution in [2.75, 3.05) is 18.1 Å². The number of carbonyl (C=O) groups is 2. The Morgan fingerprint density at radius 2 is 1.81 bits per heavy atom. The van der Waals surface area contributed by atoms with Gasteiger partial charge < -0.3 is 25.4 Å². The van der Waals surface area contributed by atoms with Crippen LogP contribution in [-0.4, -0.2) is 52.4 Å². The van der Waals surface area contributed by atoms with Gasteiger partial charge in [-0.15, -0.1) is 0 Å². The van der Waals surface area contributed by atoms with Crippen molar-refractivity contribution >= 4 is 17.8 Å². The number of rotatable bonds is 6. The molecule has 7 rings (SSSR count). The second kappa shape index (κ2) is 9.28. The second-order valence-corrected chi connectivity index (χ2v) is 11.5. The van der Waals surface area contributed by atoms with Gasteiger partial charge in [0.25, 0.3) is 5.91 Å². The first-order valence-corrected chi connectivity index (χ1v) is 13.3. The molecule has 37 heavy (non-hydrogen) atoms. The van der Waals surface area contributed by atoms with Crippen molar-refractivity contribution in [3.8, 4) is 5.88 Å². The number of hydrogen-bond acceptors (Lipinski definition) is 6. The van der Waals surface area contributed by atoms with Gasteiger partial charge in [-0.2, -0.15) is 4.98 Å². The lowest BCUT2D eigenvalue weighted by Gasteiger charge is -2.62. The highest BCUT2D eigenvalue weighted by Crippen LogP contribution is 2.57. The predicted molar refractivity (Wildman–Crippen MR) is 135 cm³/mol. The third-order valence-corrected chi connectivity index (χ3v) is 8.68. The largest absolute Gasteiger partial charge is 0.414 e. The number of aliphatic hydroxyl groups excluding tert-OH is 1. The molecule has 2 unspecified atom stereocenters. The monoisotopic (exact) mass is 508 g/mol. The van der Waals surface area contributed by atoms with Crippen molar-refractivity contribution in [2.45, 2.75) is 68.5 Å². The molecule has 4 aliphatic carbocycles. The first-order chi connectivity index (χ1) is 17.8. The highest BCUT2D eigenvalue weighted by atomic mass is 19.1. The minimum atomic E-state index is -0.543. The third kappa shape index (κ3) is 4.77. The molecule has 3 N–H and O–H groups in total. The molecule has 1 aromatic carbocycles. The average Bonchev–Trinajstić information content (AvgIpc) is 3.32. The van der Waals surface area contributed by atoms with Gasteiger partial charge in [0.2, 0.25) is 5.88 Å². The number of ether oxygens (including phenoxy) is 1. The molecule has 2 aromatic rings. The van der Waals surface area contributed by atoms with E-state index in [9.17, 15) is 19.1 Å². The third-order valence-electron chi connectivity index (χ3n) is 8.68. The highest BCUT2D eigenvalue weighted by molar-refractivity contribution is 5.94. The molecule has 196 valence electrons. The maximum absolute atomic E-state index is 13.7. The molecule has 4 bridgehead atoms. The van der Waals surface area contributed by atoms with Crippen molar-refractivity contribution in [2.24, 2.45) is 11.8 Å². The van der Waals surface area contributed by atoms with E-state index in [1.165, 1.54) is 12.1 Å². The standard InChI is InChI=1S/C28H33FN4O4/c29-21-5-1-4-20(11-21)25(35)31-27-12-18-10-19(13-27)15-28(14-18,17-27)32-26(36)37-24-8-2-7-23(30-24)33-9-3-6-22(33)16-34/h1-2,4-5,7-8,11,18-19,22,34H,3,6,9-10,12-17H2,(H,31,35)(H,32,36)/t18?,19?,22-,27?,28?/m0/s1. The van der Waals surface area contributed by atoms with Crippen LogP contribution >= 0.6 is 0 Å². The number of amides is 2. The molecular weight excluding hydrogens is 475 g/mol. The molecule has 1 saturated heterocycles. The minimum Gasteiger partial charge on any atom is -0.394 e. The number of aromatic nitrogens is 1. The van der Waals surface area contributed by atoms with Gasteiger partial charge in [0, 0.05) is 29.3 Å². The smallest absolute Gasteiger partial charge is 0.394 e. The number of halogens is 1. The maximum atomic E-state index is 13.7. The Bertz CT molecular complexity index is 1190. The van der Waals surface area contributed by atoms with Gasteiger partial charge in [0.15, 0.2) is 0 Å². The van der Waals surface area contributed by atoms with E-state index in [2.05, 4.69) is 20.5 Å². The molecular formula is C28H33FN4O4. The molecule has 3 atom stereocenters. The fourth-order valence-corrected chi connectivity index (χ4v) is 7.78. The molecule has 2 heterocycles. The molecule has 9 heteroatoms. The molecule has 0 radical (unpaired) electrons. The summed E-state index contributed by atoms with van der Waals surface area (Å²) in [4.78, 5) is 32.7. The number of benzene rings is 1. The normalized spacial score (nSPS) is 31.8. The summed E-state index contributed by atoms with van der Waals surface area (Å²) in [6.07, 6.45) is 6.53. The summed E-state index contributed by atoms with van der Waals surface area (Å²) in [5.41, 5.74) is -0.566. The van der Waals surface area contributed by atoms with Crippen LogP contribution in [0, 0.1) is 17.7 Å². The van der Waals surface area contributed by atoms with Gasteiger partial charge >= 0.3 is 6.09 Å². The van der Waals surface area contributed by atoms with Crippen molar-refractivity contribution in [1.29, 1.82) is 0 Å². The maximum Gasteiger partial charge on any atom is 0.414 e. The topological polar surface area (TPSA) is 104 Å². The van der Waals surface area contributed by atoms with Gasteiger partial charge in [-0.05, 0) is 87.5 Å². The Kier molecular flexibility index (Phi) is 6.06. The lowest BCUT2D eigenvalue weighted by atomic mass is 9.50. The highest BCUT2D eigenvalue weighted by Gasteiger charge is 2.59. The van der Waals surface area contributed by atoms with E-state index in [1.54, 1.807) is 24.3 Å². The van der Waals surface area contributed by atoms with Crippen LogP contribution < -0.4 is 20.3 Å². The van der Waals surface area contributed by atoms with Gasteiger partial charge in [-0.25, -0.2) is 9.18 Å². The Hall–Kier alpha value is -3.20. The molecule has 8 nitrogen and oxygen atoms in total. The SMILES string of the molecule is O=C(NC12CC3CC(C1)CC(NC(=O)c1cccc(F)c1)(C3)C2)Oc1cccc(N2CCC[C@H]2CO)n1. The van der Waals surface area contributed by atoms with Crippen LogP contribution in [-0.2, 0) is 0 Å². The lowest BCUT2D eigenvalue weighted by molar-refractivity contribution is -0.0449. The van der Waals surface area contributed by atoms with Gasteiger partial charge in [-0.1, -0.05) is 12.1 Å². The Morgan fingerprint density at radius 1 is 1.08 bits per heavy atom. The molecule has 1 aromatic heterocycles. The van der Waals surface area contributed by atoms with E-state index in [0.29, 0.717) is 29.6 Å². The Balaban J connectivity index is 1.15. The summed E-state index contributed by atoms with van der Waals surface area (Å²) in [7, 11) is 0. The van der Waals surface area contributed by atoms with Crippen LogP contribution in [0.1, 0.15) is 61.7 Å². The quantitative estimate of drug-likeness (QED) is 0.549. The van der Waals surface area contributed by atoms with Crippen LogP contribution in [0.5, 0.6) is 5.88 Å². The predicted octanol–water partition coefficient (Wildman–Crippen LogP) is 3.79. The number of nitrogens with one attached hydrogen (secondary N) is 2. The van der Waals surface area contributed by atoms with Crippen molar-refractivity contribution < 1.29 is 23.8 Å². The first kappa shape index (κ1) is 24.2. The Morgan fingerprint density at radius 3 is 2.54 bits per heavy atom. The zero-order valence-electron chi connectivity index (χ0n) is 20.8. The van der Waals surface area contributed by atoms with Crippen LogP contribution in [0.3, 0.4) is 0 Å². The average molecular weight is 509 g/mol. The van der Waals surface area contributed by atoms with Gasteiger partial charge in [-0.3, -0.25) is 4.79 Å². The molecule has 0 spiro atoms. The van der Waals surface area contributed by atoms with E-state index < -0.39 is 23.0 Å². The lowest BCUT2D eigenvalue weighted by Crippen LogP contribution is -2.70. The molecule has 1 aliphatic heterocycles. The van der Waals surface area contributed by atoms with Crippen molar-refractivity contribution in [1.82, 2.24) is 15.6 Å². The van der Waals surface area contributed by atoms with E-state index in [0.717, 1.165) is 51.5 Å². The summed E-state index contributed by atoms with van der Waals surface area (Å²) < 4.78 is 19.3. The van der Waals surface area contributed by atoms with E-state index in [1.807, 2.05) is 6.07 Å². The number of anilines is 1. The summed E-state index contributed by atoms with van der Waals surface area (Å²) in [6, 6.07) is 11.1. The van der Waals surface area contributed by atoms with E-state index >= 15 is 0 Å². The summed E-state index contributed by atoms with van der Waals surface area (Å²) in [5, 5.41) is 16.0. The number of nitrogens with zero attached hydrogens (tertiary/aromatic N) is 2. The van der Waals surface area contributed by atoms with Crippen LogP contribution in [0.25, 0.3) is 0 Å². The number of aliphatic hydroxyl groups is 1. The second-order valence-electron chi connectivity index (χ2n) is 11.5. The van der Waals surface area contributed by atoms with Crippen LogP contribution in [0.15, 0.2) is 42.5 Å². The van der Waals surface area contributed by atoms with E-state index in [-0.39, 0.29) is 24.4 Å². The number of pyridine rings is 1. The molecule has 5 fully saturated rings. The zero-order chi connectivity index (χ0) is 25.6. The summed E-state index contributed by atoms with van der Waals surface area (Å²) in [6.45, 7) is 0.874. The fraction of sp³-hybridized carbons (Fsp3) is 0.536. The Labute approximate surface area is 215 Å².